The zero-order valence-electron chi connectivity index (χ0n) is 9.23. The van der Waals surface area contributed by atoms with Crippen LogP contribution in [0.3, 0.4) is 0 Å². The van der Waals surface area contributed by atoms with Gasteiger partial charge in [0.2, 0.25) is 11.8 Å². The minimum absolute atomic E-state index is 0.119. The molecule has 90 valence electrons. The largest absolute Gasteiger partial charge is 0.319 e. The van der Waals surface area contributed by atoms with Gasteiger partial charge in [-0.1, -0.05) is 23.7 Å². The molecule has 5 heteroatoms. The number of amides is 2. The molecule has 1 aliphatic heterocycles. The third kappa shape index (κ3) is 2.65. The number of likely N-dealkylation sites (tertiary alicyclic amines) is 1. The lowest BCUT2D eigenvalue weighted by atomic mass is 10.1. The van der Waals surface area contributed by atoms with E-state index in [9.17, 15) is 9.59 Å². The Morgan fingerprint density at radius 2 is 2.18 bits per heavy atom. The number of halogens is 1. The number of nitrogens with two attached hydrogens (primary N) is 1. The fourth-order valence-corrected chi connectivity index (χ4v) is 2.09. The Balaban J connectivity index is 1.99. The van der Waals surface area contributed by atoms with Crippen LogP contribution in [0.1, 0.15) is 12.0 Å². The smallest absolute Gasteiger partial charge is 0.246 e. The van der Waals surface area contributed by atoms with Crippen LogP contribution in [0, 0.1) is 0 Å². The number of nitrogens with zero attached hydrogens (tertiary/aromatic N) is 1. The SMILES string of the molecule is NC1CC(=O)N(CCc2cccc(Cl)c2)C1=O. The second-order valence-electron chi connectivity index (χ2n) is 4.07. The zero-order chi connectivity index (χ0) is 12.4. The summed E-state index contributed by atoms with van der Waals surface area (Å²) in [6, 6.07) is 6.70. The van der Waals surface area contributed by atoms with Gasteiger partial charge in [0, 0.05) is 11.6 Å². The summed E-state index contributed by atoms with van der Waals surface area (Å²) in [4.78, 5) is 24.3. The highest BCUT2D eigenvalue weighted by molar-refractivity contribution is 6.30. The Morgan fingerprint density at radius 3 is 2.76 bits per heavy atom. The molecule has 2 rings (SSSR count). The highest BCUT2D eigenvalue weighted by Gasteiger charge is 2.35. The van der Waals surface area contributed by atoms with Crippen molar-refractivity contribution in [3.8, 4) is 0 Å². The van der Waals surface area contributed by atoms with E-state index in [1.54, 1.807) is 6.07 Å². The van der Waals surface area contributed by atoms with E-state index in [4.69, 9.17) is 17.3 Å². The monoisotopic (exact) mass is 252 g/mol. The first-order valence-corrected chi connectivity index (χ1v) is 5.80. The molecule has 2 N–H and O–H groups in total. The molecule has 1 unspecified atom stereocenters. The molecule has 17 heavy (non-hydrogen) atoms. The maximum Gasteiger partial charge on any atom is 0.246 e. The van der Waals surface area contributed by atoms with Gasteiger partial charge in [-0.2, -0.15) is 0 Å². The fourth-order valence-electron chi connectivity index (χ4n) is 1.88. The molecule has 1 fully saturated rings. The van der Waals surface area contributed by atoms with Gasteiger partial charge < -0.3 is 5.73 Å². The lowest BCUT2D eigenvalue weighted by Crippen LogP contribution is -2.36. The van der Waals surface area contributed by atoms with Gasteiger partial charge in [0.25, 0.3) is 0 Å². The average molecular weight is 253 g/mol. The molecule has 1 aromatic carbocycles. The summed E-state index contributed by atoms with van der Waals surface area (Å²) in [5.74, 6) is -0.471. The van der Waals surface area contributed by atoms with Gasteiger partial charge in [-0.15, -0.1) is 0 Å². The maximum atomic E-state index is 11.6. The van der Waals surface area contributed by atoms with Crippen molar-refractivity contribution >= 4 is 23.4 Å². The van der Waals surface area contributed by atoms with Crippen LogP contribution in [0.2, 0.25) is 5.02 Å². The predicted molar refractivity (Wildman–Crippen MR) is 64.5 cm³/mol. The summed E-state index contributed by atoms with van der Waals surface area (Å²) in [6.07, 6.45) is 0.721. The van der Waals surface area contributed by atoms with Crippen LogP contribution in [-0.4, -0.2) is 29.3 Å². The van der Waals surface area contributed by atoms with Crippen molar-refractivity contribution in [2.45, 2.75) is 18.9 Å². The molecule has 0 aliphatic carbocycles. The van der Waals surface area contributed by atoms with Crippen molar-refractivity contribution in [1.82, 2.24) is 4.90 Å². The lowest BCUT2D eigenvalue weighted by Gasteiger charge is -2.13. The Labute approximate surface area is 104 Å². The number of carbonyl (C=O) groups is 2. The average Bonchev–Trinajstić information content (AvgIpc) is 2.51. The highest BCUT2D eigenvalue weighted by atomic mass is 35.5. The van der Waals surface area contributed by atoms with Gasteiger partial charge in [-0.3, -0.25) is 14.5 Å². The Hall–Kier alpha value is -1.39. The normalized spacial score (nSPS) is 20.1. The van der Waals surface area contributed by atoms with Crippen LogP contribution >= 0.6 is 11.6 Å². The van der Waals surface area contributed by atoms with Crippen molar-refractivity contribution in [1.29, 1.82) is 0 Å². The molecule has 0 radical (unpaired) electrons. The quantitative estimate of drug-likeness (QED) is 0.816. The number of hydrogen-bond acceptors (Lipinski definition) is 3. The van der Waals surface area contributed by atoms with Crippen molar-refractivity contribution in [2.24, 2.45) is 5.73 Å². The van der Waals surface area contributed by atoms with E-state index in [0.29, 0.717) is 18.0 Å². The second-order valence-corrected chi connectivity index (χ2v) is 4.51. The highest BCUT2D eigenvalue weighted by Crippen LogP contribution is 2.14. The molecule has 0 saturated carbocycles. The third-order valence-corrected chi connectivity index (χ3v) is 3.03. The molecule has 4 nitrogen and oxygen atoms in total. The first-order chi connectivity index (χ1) is 8.08. The van der Waals surface area contributed by atoms with E-state index in [1.165, 1.54) is 4.90 Å². The van der Waals surface area contributed by atoms with E-state index in [-0.39, 0.29) is 18.2 Å². The van der Waals surface area contributed by atoms with E-state index >= 15 is 0 Å². The Morgan fingerprint density at radius 1 is 1.41 bits per heavy atom. The molecule has 0 bridgehead atoms. The Bertz CT molecular complexity index is 462. The summed E-state index contributed by atoms with van der Waals surface area (Å²) in [6.45, 7) is 0.367. The van der Waals surface area contributed by atoms with Gasteiger partial charge in [0.05, 0.1) is 12.5 Å². The number of imide groups is 1. The molecule has 1 aliphatic rings. The number of rotatable bonds is 3. The molecule has 1 atom stereocenters. The molecule has 1 heterocycles. The second kappa shape index (κ2) is 4.85. The summed E-state index contributed by atoms with van der Waals surface area (Å²) in [7, 11) is 0. The van der Waals surface area contributed by atoms with E-state index < -0.39 is 6.04 Å². The summed E-state index contributed by atoms with van der Waals surface area (Å²) in [5.41, 5.74) is 6.52. The van der Waals surface area contributed by atoms with E-state index in [2.05, 4.69) is 0 Å². The maximum absolute atomic E-state index is 11.6. The van der Waals surface area contributed by atoms with Crippen LogP contribution in [0.25, 0.3) is 0 Å². The van der Waals surface area contributed by atoms with Crippen molar-refractivity contribution < 1.29 is 9.59 Å². The van der Waals surface area contributed by atoms with E-state index in [0.717, 1.165) is 5.56 Å². The number of carbonyl (C=O) groups excluding carboxylic acids is 2. The molecule has 0 spiro atoms. The van der Waals surface area contributed by atoms with Gasteiger partial charge in [-0.05, 0) is 24.1 Å². The fraction of sp³-hybridized carbons (Fsp3) is 0.333. The van der Waals surface area contributed by atoms with Gasteiger partial charge in [0.15, 0.2) is 0 Å². The van der Waals surface area contributed by atoms with Gasteiger partial charge >= 0.3 is 0 Å². The molecule has 1 saturated heterocycles. The van der Waals surface area contributed by atoms with Crippen LogP contribution in [0.15, 0.2) is 24.3 Å². The van der Waals surface area contributed by atoms with E-state index in [1.807, 2.05) is 18.2 Å². The molecule has 2 amide bonds. The van der Waals surface area contributed by atoms with Crippen LogP contribution in [0.4, 0.5) is 0 Å². The van der Waals surface area contributed by atoms with Crippen molar-refractivity contribution in [3.05, 3.63) is 34.9 Å². The van der Waals surface area contributed by atoms with Crippen LogP contribution in [0.5, 0.6) is 0 Å². The first-order valence-electron chi connectivity index (χ1n) is 5.42. The number of hydrogen-bond donors (Lipinski definition) is 1. The van der Waals surface area contributed by atoms with Gasteiger partial charge in [0.1, 0.15) is 0 Å². The molecular formula is C12H13ClN2O2. The minimum atomic E-state index is -0.665. The van der Waals surface area contributed by atoms with Gasteiger partial charge in [-0.25, -0.2) is 0 Å². The third-order valence-electron chi connectivity index (χ3n) is 2.79. The van der Waals surface area contributed by atoms with Crippen LogP contribution in [-0.2, 0) is 16.0 Å². The Kier molecular flexibility index (Phi) is 3.45. The molecular weight excluding hydrogens is 240 g/mol. The standard InChI is InChI=1S/C12H13ClN2O2/c13-9-3-1-2-8(6-9)4-5-15-11(16)7-10(14)12(15)17/h1-3,6,10H,4-5,7,14H2. The van der Waals surface area contributed by atoms with Crippen molar-refractivity contribution in [2.75, 3.05) is 6.54 Å². The number of benzene rings is 1. The lowest BCUT2D eigenvalue weighted by molar-refractivity contribution is -0.138. The zero-order valence-corrected chi connectivity index (χ0v) is 9.98. The van der Waals surface area contributed by atoms with Crippen molar-refractivity contribution in [3.63, 3.8) is 0 Å². The molecule has 0 aromatic heterocycles. The summed E-state index contributed by atoms with van der Waals surface area (Å²) < 4.78 is 0. The minimum Gasteiger partial charge on any atom is -0.319 e. The topological polar surface area (TPSA) is 63.4 Å². The summed E-state index contributed by atoms with van der Waals surface area (Å²) in [5, 5.41) is 0.651. The first kappa shape index (κ1) is 12.1. The predicted octanol–water partition coefficient (Wildman–Crippen LogP) is 0.969. The molecule has 1 aromatic rings. The summed E-state index contributed by atoms with van der Waals surface area (Å²) >= 11 is 5.85. The van der Waals surface area contributed by atoms with Crippen LogP contribution < -0.4 is 5.73 Å².